The Bertz CT molecular complexity index is 891. The number of nitrogens with one attached hydrogen (secondary N) is 1. The van der Waals surface area contributed by atoms with Crippen molar-refractivity contribution in [1.29, 1.82) is 0 Å². The number of benzene rings is 2. The fourth-order valence-corrected chi connectivity index (χ4v) is 3.91. The Kier molecular flexibility index (Phi) is 3.78. The van der Waals surface area contributed by atoms with Crippen LogP contribution in [0, 0.1) is 0 Å². The predicted molar refractivity (Wildman–Crippen MR) is 100 cm³/mol. The average Bonchev–Trinajstić information content (AvgIpc) is 3.39. The fraction of sp³-hybridized carbons (Fsp3) is 0.263. The molecule has 0 aliphatic carbocycles. The summed E-state index contributed by atoms with van der Waals surface area (Å²) >= 11 is 12.5. The number of hydrogen-bond acceptors (Lipinski definition) is 3. The van der Waals surface area contributed by atoms with Crippen molar-refractivity contribution in [1.82, 2.24) is 0 Å². The van der Waals surface area contributed by atoms with Crippen LogP contribution < -0.4 is 10.2 Å². The number of ketones is 1. The van der Waals surface area contributed by atoms with Gasteiger partial charge in [0, 0.05) is 41.3 Å². The van der Waals surface area contributed by atoms with Crippen LogP contribution in [0.25, 0.3) is 0 Å². The third-order valence-electron chi connectivity index (χ3n) is 4.91. The van der Waals surface area contributed by atoms with Gasteiger partial charge in [-0.3, -0.25) is 9.59 Å². The van der Waals surface area contributed by atoms with E-state index in [1.54, 1.807) is 19.1 Å². The average molecular weight is 375 g/mol. The van der Waals surface area contributed by atoms with Crippen LogP contribution in [0.3, 0.4) is 0 Å². The number of halogens is 2. The number of anilines is 2. The van der Waals surface area contributed by atoms with Crippen molar-refractivity contribution in [2.75, 3.05) is 23.3 Å². The second-order valence-electron chi connectivity index (χ2n) is 6.70. The smallest absolute Gasteiger partial charge is 0.235 e. The van der Waals surface area contributed by atoms with Crippen molar-refractivity contribution < 1.29 is 9.59 Å². The summed E-state index contributed by atoms with van der Waals surface area (Å²) in [5.74, 6) is -0.356. The summed E-state index contributed by atoms with van der Waals surface area (Å²) in [6.45, 7) is 3.85. The third-order valence-corrected chi connectivity index (χ3v) is 5.54. The molecule has 0 aromatic heterocycles. The maximum atomic E-state index is 12.8. The number of carbonyl (C=O) groups is 2. The lowest BCUT2D eigenvalue weighted by molar-refractivity contribution is -0.120. The quantitative estimate of drug-likeness (QED) is 0.641. The van der Waals surface area contributed by atoms with Crippen LogP contribution in [0.4, 0.5) is 11.4 Å². The molecule has 2 heterocycles. The number of nitrogens with zero attached hydrogens (tertiary/aromatic N) is 1. The van der Waals surface area contributed by atoms with E-state index in [1.807, 2.05) is 24.3 Å². The first-order valence-corrected chi connectivity index (χ1v) is 8.84. The number of fused-ring (bicyclic) bond motifs is 1. The van der Waals surface area contributed by atoms with Gasteiger partial charge in [-0.2, -0.15) is 0 Å². The molecular formula is C19H16Cl2N2O2. The van der Waals surface area contributed by atoms with Gasteiger partial charge in [-0.1, -0.05) is 23.2 Å². The Hall–Kier alpha value is -2.04. The summed E-state index contributed by atoms with van der Waals surface area (Å²) in [5, 5.41) is 3.63. The van der Waals surface area contributed by atoms with Crippen molar-refractivity contribution in [3.05, 3.63) is 57.6 Å². The maximum absolute atomic E-state index is 12.8. The maximum Gasteiger partial charge on any atom is 0.235 e. The van der Waals surface area contributed by atoms with Crippen molar-refractivity contribution in [3.8, 4) is 0 Å². The highest BCUT2D eigenvalue weighted by Gasteiger charge is 2.46. The summed E-state index contributed by atoms with van der Waals surface area (Å²) in [6, 6.07) is 10.8. The largest absolute Gasteiger partial charge is 0.368 e. The van der Waals surface area contributed by atoms with E-state index in [9.17, 15) is 9.59 Å². The normalized spacial score (nSPS) is 21.1. The first-order chi connectivity index (χ1) is 11.9. The molecule has 0 saturated carbocycles. The Morgan fingerprint density at radius 1 is 1.12 bits per heavy atom. The molecule has 128 valence electrons. The zero-order valence-corrected chi connectivity index (χ0v) is 15.1. The molecule has 1 saturated heterocycles. The molecule has 2 aliphatic heterocycles. The van der Waals surface area contributed by atoms with Crippen LogP contribution in [0.2, 0.25) is 10.0 Å². The Morgan fingerprint density at radius 2 is 1.76 bits per heavy atom. The molecule has 4 nitrogen and oxygen atoms in total. The van der Waals surface area contributed by atoms with Gasteiger partial charge in [0.2, 0.25) is 5.91 Å². The molecule has 1 N–H and O–H groups in total. The molecule has 4 rings (SSSR count). The van der Waals surface area contributed by atoms with Gasteiger partial charge in [-0.25, -0.2) is 0 Å². The SMILES string of the molecule is C[C@@]1(CC(=O)c2ccc(N3CC3)cc2)C(=O)Nc2c(Cl)ccc(Cl)c21. The highest BCUT2D eigenvalue weighted by Crippen LogP contribution is 2.47. The molecule has 0 bridgehead atoms. The van der Waals surface area contributed by atoms with E-state index in [0.29, 0.717) is 26.9 Å². The van der Waals surface area contributed by atoms with Crippen LogP contribution in [-0.2, 0) is 10.2 Å². The number of carbonyl (C=O) groups excluding carboxylic acids is 2. The standard InChI is InChI=1S/C19H16Cl2N2O2/c1-19(16-13(20)6-7-14(21)17(16)22-18(19)25)10-15(24)11-2-4-12(5-3-11)23-8-9-23/h2-7H,8-10H2,1H3,(H,22,25)/t19-/m0/s1. The summed E-state index contributed by atoms with van der Waals surface area (Å²) in [7, 11) is 0. The Morgan fingerprint density at radius 3 is 2.40 bits per heavy atom. The molecule has 2 aliphatic rings. The van der Waals surface area contributed by atoms with Gasteiger partial charge in [-0.05, 0) is 43.3 Å². The zero-order chi connectivity index (χ0) is 17.8. The minimum Gasteiger partial charge on any atom is -0.368 e. The Balaban J connectivity index is 1.65. The highest BCUT2D eigenvalue weighted by atomic mass is 35.5. The van der Waals surface area contributed by atoms with E-state index in [0.717, 1.165) is 18.8 Å². The lowest BCUT2D eigenvalue weighted by atomic mass is 9.78. The molecule has 2 aromatic carbocycles. The van der Waals surface area contributed by atoms with Crippen LogP contribution in [0.1, 0.15) is 29.3 Å². The molecular weight excluding hydrogens is 359 g/mol. The molecule has 1 atom stereocenters. The van der Waals surface area contributed by atoms with Gasteiger partial charge in [0.25, 0.3) is 0 Å². The van der Waals surface area contributed by atoms with Crippen LogP contribution >= 0.6 is 23.2 Å². The molecule has 25 heavy (non-hydrogen) atoms. The van der Waals surface area contributed by atoms with Crippen LogP contribution in [0.15, 0.2) is 36.4 Å². The van der Waals surface area contributed by atoms with Gasteiger partial charge in [0.05, 0.1) is 16.1 Å². The van der Waals surface area contributed by atoms with Crippen LogP contribution in [0.5, 0.6) is 0 Å². The molecule has 1 fully saturated rings. The van der Waals surface area contributed by atoms with E-state index < -0.39 is 5.41 Å². The Labute approximate surface area is 155 Å². The molecule has 1 amide bonds. The van der Waals surface area contributed by atoms with E-state index >= 15 is 0 Å². The lowest BCUT2D eigenvalue weighted by Gasteiger charge is -2.22. The minimum absolute atomic E-state index is 0.0367. The fourth-order valence-electron chi connectivity index (χ4n) is 3.34. The molecule has 0 spiro atoms. The van der Waals surface area contributed by atoms with Gasteiger partial charge < -0.3 is 10.2 Å². The van der Waals surface area contributed by atoms with Gasteiger partial charge in [0.15, 0.2) is 5.78 Å². The molecule has 0 radical (unpaired) electrons. The van der Waals surface area contributed by atoms with Crippen molar-refractivity contribution in [2.24, 2.45) is 0 Å². The van der Waals surface area contributed by atoms with E-state index in [4.69, 9.17) is 23.2 Å². The topological polar surface area (TPSA) is 49.2 Å². The molecule has 2 aromatic rings. The monoisotopic (exact) mass is 374 g/mol. The van der Waals surface area contributed by atoms with Crippen molar-refractivity contribution in [3.63, 3.8) is 0 Å². The number of hydrogen-bond donors (Lipinski definition) is 1. The summed E-state index contributed by atoms with van der Waals surface area (Å²) in [6.07, 6.45) is 0.0367. The van der Waals surface area contributed by atoms with E-state index in [1.165, 1.54) is 0 Å². The number of amides is 1. The number of Topliss-reactive ketones (excluding diaryl/α,β-unsaturated/α-hetero) is 1. The van der Waals surface area contributed by atoms with Gasteiger partial charge in [0.1, 0.15) is 0 Å². The molecule has 6 heteroatoms. The summed E-state index contributed by atoms with van der Waals surface area (Å²) in [4.78, 5) is 27.6. The summed E-state index contributed by atoms with van der Waals surface area (Å²) < 4.78 is 0. The second-order valence-corrected chi connectivity index (χ2v) is 7.51. The first kappa shape index (κ1) is 16.4. The van der Waals surface area contributed by atoms with E-state index in [2.05, 4.69) is 10.2 Å². The minimum atomic E-state index is -1.03. The van der Waals surface area contributed by atoms with E-state index in [-0.39, 0.29) is 18.1 Å². The predicted octanol–water partition coefficient (Wildman–Crippen LogP) is 4.30. The second kappa shape index (κ2) is 5.75. The third kappa shape index (κ3) is 2.70. The van der Waals surface area contributed by atoms with Gasteiger partial charge in [-0.15, -0.1) is 0 Å². The first-order valence-electron chi connectivity index (χ1n) is 8.08. The summed E-state index contributed by atoms with van der Waals surface area (Å²) in [5.41, 5.74) is 1.77. The molecule has 0 unspecified atom stereocenters. The van der Waals surface area contributed by atoms with Crippen molar-refractivity contribution in [2.45, 2.75) is 18.8 Å². The van der Waals surface area contributed by atoms with Crippen molar-refractivity contribution >= 4 is 46.3 Å². The van der Waals surface area contributed by atoms with Crippen LogP contribution in [-0.4, -0.2) is 24.8 Å². The lowest BCUT2D eigenvalue weighted by Crippen LogP contribution is -2.33. The van der Waals surface area contributed by atoms with Gasteiger partial charge >= 0.3 is 0 Å². The zero-order valence-electron chi connectivity index (χ0n) is 13.6. The highest BCUT2D eigenvalue weighted by molar-refractivity contribution is 6.38. The number of rotatable bonds is 4.